The molecule has 5 heteroatoms. The smallest absolute Gasteiger partial charge is 0.213 e. The summed E-state index contributed by atoms with van der Waals surface area (Å²) in [4.78, 5) is 0. The number of halogens is 1. The lowest BCUT2D eigenvalue weighted by atomic mass is 11.1. The summed E-state index contributed by atoms with van der Waals surface area (Å²) in [6.45, 7) is 0. The topological polar surface area (TPSA) is 76.4 Å². The summed E-state index contributed by atoms with van der Waals surface area (Å²) in [6, 6.07) is 0. The van der Waals surface area contributed by atoms with E-state index in [2.05, 4.69) is 8.63 Å². The number of guanidine groups is 1. The summed E-state index contributed by atoms with van der Waals surface area (Å²) in [5, 5.41) is 0. The minimum atomic E-state index is 0.232. The molecule has 0 bridgehead atoms. The van der Waals surface area contributed by atoms with E-state index in [1.54, 1.807) is 22.9 Å². The van der Waals surface area contributed by atoms with Crippen LogP contribution < -0.4 is 17.0 Å². The van der Waals surface area contributed by atoms with Crippen LogP contribution in [0.25, 0.3) is 0 Å². The summed E-state index contributed by atoms with van der Waals surface area (Å²) in [5.74, 6) is 5.00. The van der Waals surface area contributed by atoms with E-state index in [0.717, 1.165) is 0 Å². The second kappa shape index (κ2) is 3.16. The molecule has 4 nitrogen and oxygen atoms in total. The van der Waals surface area contributed by atoms with Gasteiger partial charge in [0.2, 0.25) is 5.96 Å². The quantitative estimate of drug-likeness (QED) is 0.156. The number of hydrazine groups is 1. The van der Waals surface area contributed by atoms with Crippen LogP contribution in [0.5, 0.6) is 0 Å². The van der Waals surface area contributed by atoms with Crippen LogP contribution in [-0.2, 0) is 0 Å². The maximum absolute atomic E-state index is 4.98. The van der Waals surface area contributed by atoms with E-state index in [9.17, 15) is 0 Å². The summed E-state index contributed by atoms with van der Waals surface area (Å²) in [5.41, 5.74) is 7.11. The molecular weight excluding hydrogens is 195 g/mol. The van der Waals surface area contributed by atoms with Crippen LogP contribution >= 0.6 is 22.9 Å². The van der Waals surface area contributed by atoms with Gasteiger partial charge in [-0.25, -0.2) is 5.84 Å². The van der Waals surface area contributed by atoms with Crippen LogP contribution in [0.15, 0.2) is 3.21 Å². The highest BCUT2D eigenvalue weighted by atomic mass is 127. The molecule has 0 amide bonds. The number of rotatable bonds is 0. The summed E-state index contributed by atoms with van der Waals surface area (Å²) in [7, 11) is 0. The first-order chi connectivity index (χ1) is 2.81. The Morgan fingerprint density at radius 3 is 2.33 bits per heavy atom. The summed E-state index contributed by atoms with van der Waals surface area (Å²) < 4.78 is 3.44. The largest absolute Gasteiger partial charge is 0.368 e. The molecule has 0 unspecified atom stereocenters. The van der Waals surface area contributed by atoms with Gasteiger partial charge in [0.1, 0.15) is 0 Å². The average molecular weight is 200 g/mol. The molecule has 0 aromatic rings. The summed E-state index contributed by atoms with van der Waals surface area (Å²) >= 11 is 1.73. The SMILES string of the molecule is NNC(N)=NI. The molecule has 0 atom stereocenters. The van der Waals surface area contributed by atoms with E-state index in [1.807, 2.05) is 0 Å². The van der Waals surface area contributed by atoms with E-state index in [0.29, 0.717) is 0 Å². The predicted molar refractivity (Wildman–Crippen MR) is 33.0 cm³/mol. The molecule has 0 aliphatic rings. The van der Waals surface area contributed by atoms with Crippen LogP contribution in [0.1, 0.15) is 0 Å². The number of hydrogen-bond donors (Lipinski definition) is 3. The van der Waals surface area contributed by atoms with Crippen LogP contribution in [0.4, 0.5) is 0 Å². The molecule has 0 saturated heterocycles. The molecule has 0 saturated carbocycles. The normalized spacial score (nSPS) is 11.3. The van der Waals surface area contributed by atoms with Gasteiger partial charge in [0.25, 0.3) is 0 Å². The van der Waals surface area contributed by atoms with Crippen molar-refractivity contribution >= 4 is 28.8 Å². The fourth-order valence-electron chi connectivity index (χ4n) is 0.0244. The Kier molecular flexibility index (Phi) is 3.14. The van der Waals surface area contributed by atoms with Crippen molar-refractivity contribution in [1.29, 1.82) is 0 Å². The lowest BCUT2D eigenvalue weighted by Gasteiger charge is -1.88. The van der Waals surface area contributed by atoms with Crippen LogP contribution in [0.2, 0.25) is 0 Å². The van der Waals surface area contributed by atoms with Gasteiger partial charge < -0.3 is 5.73 Å². The maximum atomic E-state index is 4.98. The first-order valence-corrected chi connectivity index (χ1v) is 2.18. The molecule has 5 N–H and O–H groups in total. The molecule has 6 heavy (non-hydrogen) atoms. The van der Waals surface area contributed by atoms with Gasteiger partial charge >= 0.3 is 0 Å². The minimum Gasteiger partial charge on any atom is -0.368 e. The molecule has 0 aliphatic heterocycles. The van der Waals surface area contributed by atoms with E-state index < -0.39 is 0 Å². The molecule has 0 aliphatic carbocycles. The molecular formula is CH5IN4. The van der Waals surface area contributed by atoms with E-state index >= 15 is 0 Å². The van der Waals surface area contributed by atoms with E-state index in [1.165, 1.54) is 0 Å². The van der Waals surface area contributed by atoms with Crippen LogP contribution in [0, 0.1) is 0 Å². The van der Waals surface area contributed by atoms with Gasteiger partial charge in [-0.1, -0.05) is 0 Å². The Morgan fingerprint density at radius 2 is 2.33 bits per heavy atom. The predicted octanol–water partition coefficient (Wildman–Crippen LogP) is -0.886. The number of nitrogens with zero attached hydrogens (tertiary/aromatic N) is 1. The number of hydrogen-bond acceptors (Lipinski definition) is 2. The Morgan fingerprint density at radius 1 is 1.83 bits per heavy atom. The van der Waals surface area contributed by atoms with Gasteiger partial charge in [0.05, 0.1) is 22.9 Å². The monoisotopic (exact) mass is 200 g/mol. The second-order valence-corrected chi connectivity index (χ2v) is 1.10. The minimum absolute atomic E-state index is 0.232. The highest BCUT2D eigenvalue weighted by Gasteiger charge is 1.73. The van der Waals surface area contributed by atoms with Gasteiger partial charge in [-0.15, -0.1) is 0 Å². The third kappa shape index (κ3) is 2.21. The van der Waals surface area contributed by atoms with Gasteiger partial charge in [0.15, 0.2) is 0 Å². The Bertz CT molecular complexity index is 58.6. The summed E-state index contributed by atoms with van der Waals surface area (Å²) in [6.07, 6.45) is 0. The highest BCUT2D eigenvalue weighted by Crippen LogP contribution is 1.76. The fraction of sp³-hybridized carbons (Fsp3) is 0. The first-order valence-electron chi connectivity index (χ1n) is 1.22. The van der Waals surface area contributed by atoms with Gasteiger partial charge in [-0.2, -0.15) is 3.21 Å². The zero-order valence-corrected chi connectivity index (χ0v) is 5.14. The highest BCUT2D eigenvalue weighted by molar-refractivity contribution is 14.1. The van der Waals surface area contributed by atoms with E-state index in [-0.39, 0.29) is 5.96 Å². The van der Waals surface area contributed by atoms with Gasteiger partial charge in [-0.3, -0.25) is 5.43 Å². The Hall–Kier alpha value is -0.0400. The van der Waals surface area contributed by atoms with Crippen LogP contribution in [0.3, 0.4) is 0 Å². The fourth-order valence-corrected chi connectivity index (χ4v) is 0.164. The zero-order valence-electron chi connectivity index (χ0n) is 2.98. The van der Waals surface area contributed by atoms with Crippen molar-refractivity contribution in [3.8, 4) is 0 Å². The number of nitrogens with two attached hydrogens (primary N) is 2. The third-order valence-corrected chi connectivity index (χ3v) is 0.759. The Labute approximate surface area is 49.5 Å². The molecule has 0 rings (SSSR count). The average Bonchev–Trinajstić information content (AvgIpc) is 1.65. The van der Waals surface area contributed by atoms with Crippen molar-refractivity contribution in [2.75, 3.05) is 0 Å². The number of nitrogens with one attached hydrogen (secondary N) is 1. The Balaban J connectivity index is 3.22. The molecule has 0 aromatic carbocycles. The zero-order chi connectivity index (χ0) is 4.99. The third-order valence-electron chi connectivity index (χ3n) is 0.239. The van der Waals surface area contributed by atoms with Crippen molar-refractivity contribution in [3.05, 3.63) is 0 Å². The van der Waals surface area contributed by atoms with E-state index in [4.69, 9.17) is 11.6 Å². The molecule has 0 fully saturated rings. The maximum Gasteiger partial charge on any atom is 0.213 e. The lowest BCUT2D eigenvalue weighted by Crippen LogP contribution is -2.36. The first kappa shape index (κ1) is 5.96. The van der Waals surface area contributed by atoms with Crippen molar-refractivity contribution in [2.24, 2.45) is 14.8 Å². The van der Waals surface area contributed by atoms with Crippen molar-refractivity contribution in [1.82, 2.24) is 5.43 Å². The van der Waals surface area contributed by atoms with Crippen molar-refractivity contribution < 1.29 is 0 Å². The van der Waals surface area contributed by atoms with Gasteiger partial charge in [0, 0.05) is 0 Å². The van der Waals surface area contributed by atoms with Crippen molar-refractivity contribution in [3.63, 3.8) is 0 Å². The lowest BCUT2D eigenvalue weighted by molar-refractivity contribution is 1.02. The molecule has 0 spiro atoms. The van der Waals surface area contributed by atoms with Crippen LogP contribution in [-0.4, -0.2) is 5.96 Å². The van der Waals surface area contributed by atoms with Crippen molar-refractivity contribution in [2.45, 2.75) is 0 Å². The molecule has 36 valence electrons. The van der Waals surface area contributed by atoms with Gasteiger partial charge in [-0.05, 0) is 0 Å². The standard InChI is InChI=1S/CH5IN4/c2-5-1(3)6-4/h4H2,(H3,3,5,6). The molecule has 0 radical (unpaired) electrons. The second-order valence-electron chi connectivity index (χ2n) is 0.614. The molecule has 0 heterocycles. The molecule has 0 aromatic heterocycles.